The Bertz CT molecular complexity index is 436. The summed E-state index contributed by atoms with van der Waals surface area (Å²) in [5, 5.41) is 21.2. The number of nitrogens with one attached hydrogen (secondary N) is 2. The monoisotopic (exact) mass is 319 g/mol. The van der Waals surface area contributed by atoms with Gasteiger partial charge in [-0.05, 0) is 13.3 Å². The van der Waals surface area contributed by atoms with Crippen LogP contribution in [0.15, 0.2) is 0 Å². The van der Waals surface area contributed by atoms with Crippen LogP contribution in [0.25, 0.3) is 0 Å². The molecule has 22 heavy (non-hydrogen) atoms. The highest BCUT2D eigenvalue weighted by Crippen LogP contribution is 1.96. The molecule has 0 aliphatic heterocycles. The zero-order valence-electron chi connectivity index (χ0n) is 12.6. The fourth-order valence-corrected chi connectivity index (χ4v) is 1.16. The fourth-order valence-electron chi connectivity index (χ4n) is 1.16. The first-order valence-electron chi connectivity index (χ1n) is 6.25. The number of aliphatic carboxylic acids is 2. The number of carboxylic acids is 2. The maximum absolute atomic E-state index is 10.5. The maximum Gasteiger partial charge on any atom is 0.326 e. The molecule has 2 atom stereocenters. The highest BCUT2D eigenvalue weighted by molar-refractivity contribution is 5.83. The number of rotatable bonds is 7. The van der Waals surface area contributed by atoms with E-state index >= 15 is 0 Å². The van der Waals surface area contributed by atoms with Crippen molar-refractivity contribution in [1.29, 1.82) is 0 Å². The van der Waals surface area contributed by atoms with Gasteiger partial charge in [0.15, 0.2) is 0 Å². The number of primary amides is 1. The highest BCUT2D eigenvalue weighted by Gasteiger charge is 2.18. The van der Waals surface area contributed by atoms with Gasteiger partial charge in [0.2, 0.25) is 17.7 Å². The minimum absolute atomic E-state index is 0.0181. The molecule has 10 heteroatoms. The van der Waals surface area contributed by atoms with E-state index in [1.54, 1.807) is 0 Å². The first-order chi connectivity index (χ1) is 9.97. The standard InChI is InChI=1S/C7H12N2O4.C5H9NO3/c1-4(10)9-5(7(12)13)2-3-6(8)11;1-3(5(8)9)6-4(2)7/h5H,2-3H2,1H3,(H2,8,11)(H,9,10)(H,12,13);3H,1-2H3,(H,6,7)(H,8,9)/t5-;3-/m00/s1. The van der Waals surface area contributed by atoms with Gasteiger partial charge in [-0.25, -0.2) is 4.79 Å². The molecule has 0 rings (SSSR count). The van der Waals surface area contributed by atoms with Crippen LogP contribution in [0.5, 0.6) is 0 Å². The molecule has 0 aliphatic carbocycles. The molecule has 0 saturated heterocycles. The summed E-state index contributed by atoms with van der Waals surface area (Å²) in [6.45, 7) is 3.89. The van der Waals surface area contributed by atoms with Gasteiger partial charge >= 0.3 is 11.9 Å². The van der Waals surface area contributed by atoms with Crippen molar-refractivity contribution in [3.8, 4) is 0 Å². The van der Waals surface area contributed by atoms with E-state index in [2.05, 4.69) is 10.6 Å². The molecule has 0 saturated carbocycles. The van der Waals surface area contributed by atoms with Crippen molar-refractivity contribution in [1.82, 2.24) is 10.6 Å². The van der Waals surface area contributed by atoms with Gasteiger partial charge in [0.1, 0.15) is 12.1 Å². The molecule has 3 amide bonds. The summed E-state index contributed by atoms with van der Waals surface area (Å²) in [5.74, 6) is -3.56. The van der Waals surface area contributed by atoms with Crippen LogP contribution in [0.3, 0.4) is 0 Å². The number of hydrogen-bond donors (Lipinski definition) is 5. The van der Waals surface area contributed by atoms with E-state index in [0.29, 0.717) is 0 Å². The third-order valence-electron chi connectivity index (χ3n) is 2.15. The van der Waals surface area contributed by atoms with Crippen molar-refractivity contribution in [2.45, 2.75) is 45.7 Å². The maximum atomic E-state index is 10.5. The molecule has 126 valence electrons. The number of amides is 3. The second-order valence-corrected chi connectivity index (χ2v) is 4.36. The molecular weight excluding hydrogens is 298 g/mol. The first-order valence-corrected chi connectivity index (χ1v) is 6.25. The second kappa shape index (κ2) is 11.1. The number of carboxylic acid groups (broad SMARTS) is 2. The number of carbonyl (C=O) groups is 5. The zero-order valence-corrected chi connectivity index (χ0v) is 12.6. The Kier molecular flexibility index (Phi) is 10.9. The minimum atomic E-state index is -1.17. The number of carbonyl (C=O) groups excluding carboxylic acids is 3. The second-order valence-electron chi connectivity index (χ2n) is 4.36. The van der Waals surface area contributed by atoms with Gasteiger partial charge in [-0.2, -0.15) is 0 Å². The van der Waals surface area contributed by atoms with Crippen molar-refractivity contribution < 1.29 is 34.2 Å². The van der Waals surface area contributed by atoms with E-state index < -0.39 is 35.8 Å². The minimum Gasteiger partial charge on any atom is -0.480 e. The Morgan fingerprint density at radius 1 is 0.955 bits per heavy atom. The molecule has 0 aromatic rings. The van der Waals surface area contributed by atoms with Crippen molar-refractivity contribution >= 4 is 29.7 Å². The van der Waals surface area contributed by atoms with Gasteiger partial charge in [-0.15, -0.1) is 0 Å². The lowest BCUT2D eigenvalue weighted by atomic mass is 10.1. The van der Waals surface area contributed by atoms with Gasteiger partial charge in [-0.1, -0.05) is 0 Å². The van der Waals surface area contributed by atoms with Crippen molar-refractivity contribution in [3.05, 3.63) is 0 Å². The van der Waals surface area contributed by atoms with E-state index in [1.807, 2.05) is 0 Å². The van der Waals surface area contributed by atoms with E-state index in [9.17, 15) is 24.0 Å². The van der Waals surface area contributed by atoms with Crippen molar-refractivity contribution in [3.63, 3.8) is 0 Å². The SMILES string of the molecule is CC(=O)N[C@@H](C)C(=O)O.CC(=O)N[C@@H](CCC(N)=O)C(=O)O. The molecule has 0 unspecified atom stereocenters. The normalized spacial score (nSPS) is 12.0. The average Bonchev–Trinajstić information content (AvgIpc) is 2.33. The first kappa shape index (κ1) is 21.6. The molecule has 0 heterocycles. The van der Waals surface area contributed by atoms with Crippen LogP contribution in [-0.2, 0) is 24.0 Å². The molecule has 0 aromatic heterocycles. The van der Waals surface area contributed by atoms with Gasteiger partial charge < -0.3 is 26.6 Å². The Morgan fingerprint density at radius 2 is 1.41 bits per heavy atom. The van der Waals surface area contributed by atoms with Crippen molar-refractivity contribution in [2.75, 3.05) is 0 Å². The summed E-state index contributed by atoms with van der Waals surface area (Å²) in [6.07, 6.45) is -0.0402. The molecule has 0 spiro atoms. The molecule has 10 nitrogen and oxygen atoms in total. The van der Waals surface area contributed by atoms with Crippen LogP contribution < -0.4 is 16.4 Å². The smallest absolute Gasteiger partial charge is 0.326 e. The van der Waals surface area contributed by atoms with Crippen LogP contribution >= 0.6 is 0 Å². The summed E-state index contributed by atoms with van der Waals surface area (Å²) in [5.41, 5.74) is 4.83. The van der Waals surface area contributed by atoms with Crippen LogP contribution in [0, 0.1) is 0 Å². The van der Waals surface area contributed by atoms with Crippen LogP contribution in [-0.4, -0.2) is 52.0 Å². The van der Waals surface area contributed by atoms with E-state index in [0.717, 1.165) is 0 Å². The van der Waals surface area contributed by atoms with E-state index in [4.69, 9.17) is 15.9 Å². The van der Waals surface area contributed by atoms with Gasteiger partial charge in [0.05, 0.1) is 0 Å². The zero-order chi connectivity index (χ0) is 17.9. The molecular formula is C12H21N3O7. The predicted octanol–water partition coefficient (Wildman–Crippen LogP) is -1.56. The summed E-state index contributed by atoms with van der Waals surface area (Å²) in [6, 6.07) is -1.83. The Morgan fingerprint density at radius 3 is 1.64 bits per heavy atom. The van der Waals surface area contributed by atoms with Crippen LogP contribution in [0.4, 0.5) is 0 Å². The topological polar surface area (TPSA) is 176 Å². The highest BCUT2D eigenvalue weighted by atomic mass is 16.4. The lowest BCUT2D eigenvalue weighted by Crippen LogP contribution is -2.40. The third kappa shape index (κ3) is 13.8. The fraction of sp³-hybridized carbons (Fsp3) is 0.583. The van der Waals surface area contributed by atoms with Gasteiger partial charge in [-0.3, -0.25) is 19.2 Å². The molecule has 0 bridgehead atoms. The van der Waals surface area contributed by atoms with Gasteiger partial charge in [0, 0.05) is 20.3 Å². The van der Waals surface area contributed by atoms with Crippen LogP contribution in [0.1, 0.15) is 33.6 Å². The Labute approximate surface area is 127 Å². The van der Waals surface area contributed by atoms with E-state index in [-0.39, 0.29) is 18.7 Å². The summed E-state index contributed by atoms with van der Waals surface area (Å²) in [7, 11) is 0. The lowest BCUT2D eigenvalue weighted by Gasteiger charge is -2.11. The predicted molar refractivity (Wildman–Crippen MR) is 74.6 cm³/mol. The van der Waals surface area contributed by atoms with Crippen molar-refractivity contribution in [2.24, 2.45) is 5.73 Å². The summed E-state index contributed by atoms with van der Waals surface area (Å²) >= 11 is 0. The Hall–Kier alpha value is -2.65. The quantitative estimate of drug-likeness (QED) is 0.376. The summed E-state index contributed by atoms with van der Waals surface area (Å²) in [4.78, 5) is 51.5. The van der Waals surface area contributed by atoms with Gasteiger partial charge in [0.25, 0.3) is 0 Å². The average molecular weight is 319 g/mol. The largest absolute Gasteiger partial charge is 0.480 e. The number of nitrogens with two attached hydrogens (primary N) is 1. The van der Waals surface area contributed by atoms with E-state index in [1.165, 1.54) is 20.8 Å². The molecule has 0 aromatic carbocycles. The number of hydrogen-bond acceptors (Lipinski definition) is 5. The Balaban J connectivity index is 0. The summed E-state index contributed by atoms with van der Waals surface area (Å²) < 4.78 is 0. The lowest BCUT2D eigenvalue weighted by molar-refractivity contribution is -0.142. The molecule has 6 N–H and O–H groups in total. The van der Waals surface area contributed by atoms with Crippen LogP contribution in [0.2, 0.25) is 0 Å². The molecule has 0 radical (unpaired) electrons. The third-order valence-corrected chi connectivity index (χ3v) is 2.15. The molecule has 0 fully saturated rings. The molecule has 0 aliphatic rings.